The molecule has 2 rings (SSSR count). The number of halogens is 1. The highest BCUT2D eigenvalue weighted by Gasteiger charge is 2.13. The Hall–Kier alpha value is -1.58. The lowest BCUT2D eigenvalue weighted by Gasteiger charge is -2.22. The highest BCUT2D eigenvalue weighted by molar-refractivity contribution is 5.85. The van der Waals surface area contributed by atoms with E-state index in [1.54, 1.807) is 0 Å². The first-order chi connectivity index (χ1) is 9.60. The molecule has 1 atom stereocenters. The van der Waals surface area contributed by atoms with E-state index in [4.69, 9.17) is 5.73 Å². The van der Waals surface area contributed by atoms with E-state index >= 15 is 0 Å². The molecule has 0 aromatic heterocycles. The number of hydrogen-bond acceptors (Lipinski definition) is 2. The Morgan fingerprint density at radius 1 is 1.19 bits per heavy atom. The fraction of sp³-hybridized carbons (Fsp3) is 0.353. The monoisotopic (exact) mass is 306 g/mol. The van der Waals surface area contributed by atoms with Crippen LogP contribution in [-0.2, 0) is 11.3 Å². The molecule has 0 saturated carbocycles. The van der Waals surface area contributed by atoms with Crippen molar-refractivity contribution in [3.05, 3.63) is 48.0 Å². The van der Waals surface area contributed by atoms with Crippen LogP contribution in [0.3, 0.4) is 0 Å². The Kier molecular flexibility index (Phi) is 6.66. The summed E-state index contributed by atoms with van der Waals surface area (Å²) in [6.45, 7) is 5.22. The van der Waals surface area contributed by atoms with Gasteiger partial charge >= 0.3 is 0 Å². The van der Waals surface area contributed by atoms with E-state index in [1.165, 1.54) is 10.8 Å². The van der Waals surface area contributed by atoms with Crippen LogP contribution >= 0.6 is 12.4 Å². The molecule has 1 unspecified atom stereocenters. The predicted octanol–water partition coefficient (Wildman–Crippen LogP) is 3.35. The predicted molar refractivity (Wildman–Crippen MR) is 90.6 cm³/mol. The summed E-state index contributed by atoms with van der Waals surface area (Å²) in [5.41, 5.74) is 6.86. The zero-order valence-corrected chi connectivity index (χ0v) is 13.4. The van der Waals surface area contributed by atoms with Crippen molar-refractivity contribution in [3.8, 4) is 0 Å². The minimum absolute atomic E-state index is 0. The average Bonchev–Trinajstić information content (AvgIpc) is 2.43. The van der Waals surface area contributed by atoms with Crippen molar-refractivity contribution in [1.29, 1.82) is 0 Å². The van der Waals surface area contributed by atoms with Gasteiger partial charge in [0, 0.05) is 25.6 Å². The van der Waals surface area contributed by atoms with Gasteiger partial charge < -0.3 is 10.6 Å². The highest BCUT2D eigenvalue weighted by Crippen LogP contribution is 2.17. The molecule has 2 N–H and O–H groups in total. The molecule has 0 fully saturated rings. The zero-order chi connectivity index (χ0) is 14.5. The molecule has 0 spiro atoms. The molecule has 0 heterocycles. The van der Waals surface area contributed by atoms with Gasteiger partial charge in [-0.2, -0.15) is 0 Å². The zero-order valence-electron chi connectivity index (χ0n) is 12.6. The van der Waals surface area contributed by atoms with Crippen LogP contribution in [0.5, 0.6) is 0 Å². The lowest BCUT2D eigenvalue weighted by molar-refractivity contribution is -0.131. The minimum Gasteiger partial charge on any atom is -0.339 e. The van der Waals surface area contributed by atoms with Crippen LogP contribution in [0.25, 0.3) is 10.8 Å². The third-order valence-corrected chi connectivity index (χ3v) is 3.42. The first-order valence-corrected chi connectivity index (χ1v) is 7.11. The smallest absolute Gasteiger partial charge is 0.224 e. The first-order valence-electron chi connectivity index (χ1n) is 7.11. The normalized spacial score (nSPS) is 11.8. The van der Waals surface area contributed by atoms with Gasteiger partial charge in [-0.15, -0.1) is 12.4 Å². The van der Waals surface area contributed by atoms with Gasteiger partial charge in [0.15, 0.2) is 0 Å². The molecule has 3 nitrogen and oxygen atoms in total. The lowest BCUT2D eigenvalue weighted by Crippen LogP contribution is -2.34. The Balaban J connectivity index is 0.00000220. The second kappa shape index (κ2) is 8.01. The summed E-state index contributed by atoms with van der Waals surface area (Å²) in [7, 11) is 0. The standard InChI is InChI=1S/C17H22N2O.ClH/c1-3-19(17(20)10-13(2)18)12-14-8-9-15-6-4-5-7-16(15)11-14;/h4-9,11,13H,3,10,12,18H2,1-2H3;1H. The summed E-state index contributed by atoms with van der Waals surface area (Å²) in [5.74, 6) is 0.121. The molecule has 114 valence electrons. The fourth-order valence-corrected chi connectivity index (χ4v) is 2.34. The number of carbonyl (C=O) groups excluding carboxylic acids is 1. The maximum absolute atomic E-state index is 12.1. The molecule has 4 heteroatoms. The number of hydrogen-bond donors (Lipinski definition) is 1. The van der Waals surface area contributed by atoms with Crippen LogP contribution in [0.1, 0.15) is 25.8 Å². The first kappa shape index (κ1) is 17.5. The fourth-order valence-electron chi connectivity index (χ4n) is 2.34. The molecule has 0 saturated heterocycles. The topological polar surface area (TPSA) is 46.3 Å². The van der Waals surface area contributed by atoms with Gasteiger partial charge in [-0.3, -0.25) is 4.79 Å². The number of benzene rings is 2. The Labute approximate surface area is 132 Å². The summed E-state index contributed by atoms with van der Waals surface area (Å²) in [6, 6.07) is 14.5. The van der Waals surface area contributed by atoms with Crippen molar-refractivity contribution in [2.75, 3.05) is 6.54 Å². The number of rotatable bonds is 5. The van der Waals surface area contributed by atoms with Crippen LogP contribution in [-0.4, -0.2) is 23.4 Å². The largest absolute Gasteiger partial charge is 0.339 e. The SMILES string of the molecule is CCN(Cc1ccc2ccccc2c1)C(=O)CC(C)N.Cl. The molecule has 2 aromatic rings. The maximum atomic E-state index is 12.1. The molecule has 0 radical (unpaired) electrons. The Morgan fingerprint density at radius 2 is 1.86 bits per heavy atom. The summed E-state index contributed by atoms with van der Waals surface area (Å²) in [5, 5.41) is 2.43. The number of fused-ring (bicyclic) bond motifs is 1. The Morgan fingerprint density at radius 3 is 2.48 bits per heavy atom. The number of amides is 1. The molecule has 2 aromatic carbocycles. The number of nitrogens with two attached hydrogens (primary N) is 1. The Bertz CT molecular complexity index is 598. The van der Waals surface area contributed by atoms with Crippen molar-refractivity contribution in [1.82, 2.24) is 4.90 Å². The van der Waals surface area contributed by atoms with Gasteiger partial charge in [0.1, 0.15) is 0 Å². The summed E-state index contributed by atoms with van der Waals surface area (Å²) < 4.78 is 0. The number of carbonyl (C=O) groups is 1. The van der Waals surface area contributed by atoms with Gasteiger partial charge in [0.2, 0.25) is 5.91 Å². The van der Waals surface area contributed by atoms with E-state index in [9.17, 15) is 4.79 Å². The second-order valence-electron chi connectivity index (χ2n) is 5.27. The van der Waals surface area contributed by atoms with E-state index in [2.05, 4.69) is 30.3 Å². The highest BCUT2D eigenvalue weighted by atomic mass is 35.5. The van der Waals surface area contributed by atoms with Gasteiger partial charge in [-0.25, -0.2) is 0 Å². The van der Waals surface area contributed by atoms with Crippen LogP contribution in [0, 0.1) is 0 Å². The van der Waals surface area contributed by atoms with Crippen molar-refractivity contribution in [2.45, 2.75) is 32.9 Å². The van der Waals surface area contributed by atoms with E-state index in [1.807, 2.05) is 30.9 Å². The van der Waals surface area contributed by atoms with E-state index < -0.39 is 0 Å². The molecule has 0 bridgehead atoms. The molecular formula is C17H23ClN2O. The molecule has 0 aliphatic heterocycles. The van der Waals surface area contributed by atoms with E-state index in [0.29, 0.717) is 19.5 Å². The molecule has 21 heavy (non-hydrogen) atoms. The van der Waals surface area contributed by atoms with Crippen molar-refractivity contribution in [3.63, 3.8) is 0 Å². The summed E-state index contributed by atoms with van der Waals surface area (Å²) >= 11 is 0. The third kappa shape index (κ3) is 4.73. The molecule has 0 aliphatic carbocycles. The van der Waals surface area contributed by atoms with Crippen LogP contribution < -0.4 is 5.73 Å². The third-order valence-electron chi connectivity index (χ3n) is 3.42. The van der Waals surface area contributed by atoms with Crippen molar-refractivity contribution >= 4 is 29.1 Å². The van der Waals surface area contributed by atoms with Gasteiger partial charge in [-0.05, 0) is 36.2 Å². The maximum Gasteiger partial charge on any atom is 0.224 e. The van der Waals surface area contributed by atoms with E-state index in [0.717, 1.165) is 5.56 Å². The van der Waals surface area contributed by atoms with Crippen molar-refractivity contribution < 1.29 is 4.79 Å². The molecular weight excluding hydrogens is 284 g/mol. The average molecular weight is 307 g/mol. The lowest BCUT2D eigenvalue weighted by atomic mass is 10.1. The molecule has 0 aliphatic rings. The van der Waals surface area contributed by atoms with Crippen LogP contribution in [0.15, 0.2) is 42.5 Å². The van der Waals surface area contributed by atoms with Crippen LogP contribution in [0.2, 0.25) is 0 Å². The number of nitrogens with zero attached hydrogens (tertiary/aromatic N) is 1. The quantitative estimate of drug-likeness (QED) is 0.921. The summed E-state index contributed by atoms with van der Waals surface area (Å²) in [6.07, 6.45) is 0.404. The van der Waals surface area contributed by atoms with Crippen molar-refractivity contribution in [2.24, 2.45) is 5.73 Å². The van der Waals surface area contributed by atoms with Crippen LogP contribution in [0.4, 0.5) is 0 Å². The van der Waals surface area contributed by atoms with Gasteiger partial charge in [0.25, 0.3) is 0 Å². The minimum atomic E-state index is -0.0897. The van der Waals surface area contributed by atoms with Gasteiger partial charge in [0.05, 0.1) is 0 Å². The van der Waals surface area contributed by atoms with E-state index in [-0.39, 0.29) is 24.4 Å². The van der Waals surface area contributed by atoms with Gasteiger partial charge in [-0.1, -0.05) is 36.4 Å². The molecule has 1 amide bonds. The summed E-state index contributed by atoms with van der Waals surface area (Å²) in [4.78, 5) is 14.0. The second-order valence-corrected chi connectivity index (χ2v) is 5.27.